The van der Waals surface area contributed by atoms with Crippen molar-refractivity contribution in [3.05, 3.63) is 53.6 Å². The first-order chi connectivity index (χ1) is 11.9. The van der Waals surface area contributed by atoms with Gasteiger partial charge >= 0.3 is 0 Å². The maximum atomic E-state index is 12.7. The zero-order valence-electron chi connectivity index (χ0n) is 15.4. The molecule has 1 amide bonds. The molecule has 134 valence electrons. The first kappa shape index (κ1) is 18.6. The van der Waals surface area contributed by atoms with Crippen molar-refractivity contribution in [2.75, 3.05) is 21.3 Å². The number of methoxy groups -OCH3 is 3. The molecule has 0 aromatic heterocycles. The highest BCUT2D eigenvalue weighted by molar-refractivity contribution is 5.87. The van der Waals surface area contributed by atoms with Gasteiger partial charge in [-0.05, 0) is 49.2 Å². The van der Waals surface area contributed by atoms with E-state index >= 15 is 0 Å². The highest BCUT2D eigenvalue weighted by atomic mass is 16.5. The van der Waals surface area contributed by atoms with E-state index in [0.717, 1.165) is 16.9 Å². The van der Waals surface area contributed by atoms with Crippen LogP contribution in [0.5, 0.6) is 17.2 Å². The molecule has 0 unspecified atom stereocenters. The number of hydrogen-bond acceptors (Lipinski definition) is 4. The van der Waals surface area contributed by atoms with Crippen LogP contribution in [-0.4, -0.2) is 27.2 Å². The highest BCUT2D eigenvalue weighted by Gasteiger charge is 2.29. The van der Waals surface area contributed by atoms with E-state index in [4.69, 9.17) is 14.2 Å². The van der Waals surface area contributed by atoms with E-state index in [1.54, 1.807) is 21.3 Å². The molecule has 2 rings (SSSR count). The van der Waals surface area contributed by atoms with Crippen LogP contribution in [0, 0.1) is 0 Å². The molecule has 2 aromatic rings. The van der Waals surface area contributed by atoms with Crippen LogP contribution in [0.25, 0.3) is 0 Å². The molecular formula is C20H25NO4. The smallest absolute Gasteiger partial charge is 0.230 e. The maximum absolute atomic E-state index is 12.7. The zero-order valence-corrected chi connectivity index (χ0v) is 15.4. The number of amides is 1. The summed E-state index contributed by atoms with van der Waals surface area (Å²) in [5.41, 5.74) is 1.22. The summed E-state index contributed by atoms with van der Waals surface area (Å²) in [6.45, 7) is 4.22. The molecule has 0 fully saturated rings. The van der Waals surface area contributed by atoms with Crippen LogP contribution in [0.4, 0.5) is 0 Å². The van der Waals surface area contributed by atoms with Crippen LogP contribution in [0.2, 0.25) is 0 Å². The fourth-order valence-electron chi connectivity index (χ4n) is 2.53. The Labute approximate surface area is 148 Å². The quantitative estimate of drug-likeness (QED) is 0.838. The predicted molar refractivity (Wildman–Crippen MR) is 97.4 cm³/mol. The third-order valence-corrected chi connectivity index (χ3v) is 4.28. The van der Waals surface area contributed by atoms with Crippen molar-refractivity contribution in [1.29, 1.82) is 0 Å². The van der Waals surface area contributed by atoms with Crippen molar-refractivity contribution < 1.29 is 19.0 Å². The summed E-state index contributed by atoms with van der Waals surface area (Å²) < 4.78 is 15.7. The summed E-state index contributed by atoms with van der Waals surface area (Å²) >= 11 is 0. The fourth-order valence-corrected chi connectivity index (χ4v) is 2.53. The van der Waals surface area contributed by atoms with Crippen molar-refractivity contribution in [2.45, 2.75) is 25.8 Å². The SMILES string of the molecule is COc1ccc(C(C)(C)C(=O)NCc2ccc(OC)c(OC)c2)cc1. The Hall–Kier alpha value is -2.69. The molecule has 1 N–H and O–H groups in total. The van der Waals surface area contributed by atoms with Crippen LogP contribution in [0.3, 0.4) is 0 Å². The molecule has 0 radical (unpaired) electrons. The molecule has 0 aliphatic rings. The number of nitrogens with one attached hydrogen (secondary N) is 1. The van der Waals surface area contributed by atoms with Gasteiger partial charge < -0.3 is 19.5 Å². The van der Waals surface area contributed by atoms with E-state index in [9.17, 15) is 4.79 Å². The summed E-state index contributed by atoms with van der Waals surface area (Å²) in [5, 5.41) is 2.99. The van der Waals surface area contributed by atoms with E-state index in [1.807, 2.05) is 56.3 Å². The summed E-state index contributed by atoms with van der Waals surface area (Å²) in [7, 11) is 4.81. The van der Waals surface area contributed by atoms with Crippen LogP contribution in [0.15, 0.2) is 42.5 Å². The summed E-state index contributed by atoms with van der Waals surface area (Å²) in [6.07, 6.45) is 0. The number of rotatable bonds is 7. The van der Waals surface area contributed by atoms with Gasteiger partial charge in [0.1, 0.15) is 5.75 Å². The first-order valence-electron chi connectivity index (χ1n) is 8.06. The van der Waals surface area contributed by atoms with Crippen LogP contribution >= 0.6 is 0 Å². The molecule has 0 atom stereocenters. The second-order valence-electron chi connectivity index (χ2n) is 6.23. The lowest BCUT2D eigenvalue weighted by Gasteiger charge is -2.24. The Bertz CT molecular complexity index is 723. The van der Waals surface area contributed by atoms with Crippen molar-refractivity contribution in [3.63, 3.8) is 0 Å². The molecule has 5 nitrogen and oxygen atoms in total. The lowest BCUT2D eigenvalue weighted by Crippen LogP contribution is -2.39. The number of carbonyl (C=O) groups excluding carboxylic acids is 1. The molecule has 0 spiro atoms. The van der Waals surface area contributed by atoms with Gasteiger partial charge in [0.2, 0.25) is 5.91 Å². The average Bonchev–Trinajstić information content (AvgIpc) is 2.65. The second kappa shape index (κ2) is 7.92. The van der Waals surface area contributed by atoms with Crippen LogP contribution in [-0.2, 0) is 16.8 Å². The zero-order chi connectivity index (χ0) is 18.4. The maximum Gasteiger partial charge on any atom is 0.230 e. The van der Waals surface area contributed by atoms with Gasteiger partial charge in [0.25, 0.3) is 0 Å². The Morgan fingerprint density at radius 1 is 0.920 bits per heavy atom. The van der Waals surface area contributed by atoms with Gasteiger partial charge in [-0.15, -0.1) is 0 Å². The molecule has 25 heavy (non-hydrogen) atoms. The first-order valence-corrected chi connectivity index (χ1v) is 8.06. The van der Waals surface area contributed by atoms with E-state index in [2.05, 4.69) is 5.32 Å². The average molecular weight is 343 g/mol. The number of benzene rings is 2. The van der Waals surface area contributed by atoms with E-state index in [1.165, 1.54) is 0 Å². The largest absolute Gasteiger partial charge is 0.497 e. The Balaban J connectivity index is 2.07. The molecule has 0 aliphatic carbocycles. The third kappa shape index (κ3) is 4.24. The molecular weight excluding hydrogens is 318 g/mol. The van der Waals surface area contributed by atoms with E-state index < -0.39 is 5.41 Å². The van der Waals surface area contributed by atoms with Gasteiger partial charge in [-0.2, -0.15) is 0 Å². The molecule has 0 bridgehead atoms. The molecule has 0 aliphatic heterocycles. The van der Waals surface area contributed by atoms with Gasteiger partial charge in [-0.25, -0.2) is 0 Å². The van der Waals surface area contributed by atoms with Crippen molar-refractivity contribution >= 4 is 5.91 Å². The number of carbonyl (C=O) groups is 1. The van der Waals surface area contributed by atoms with Gasteiger partial charge in [0, 0.05) is 6.54 Å². The standard InChI is InChI=1S/C20H25NO4/c1-20(2,15-7-9-16(23-3)10-8-15)19(22)21-13-14-6-11-17(24-4)18(12-14)25-5/h6-12H,13H2,1-5H3,(H,21,22). The van der Waals surface area contributed by atoms with Gasteiger partial charge in [0.05, 0.1) is 26.7 Å². The van der Waals surface area contributed by atoms with Crippen LogP contribution < -0.4 is 19.5 Å². The lowest BCUT2D eigenvalue weighted by molar-refractivity contribution is -0.125. The monoisotopic (exact) mass is 343 g/mol. The lowest BCUT2D eigenvalue weighted by atomic mass is 9.83. The third-order valence-electron chi connectivity index (χ3n) is 4.28. The molecule has 5 heteroatoms. The molecule has 0 heterocycles. The normalized spacial score (nSPS) is 10.9. The van der Waals surface area contributed by atoms with Crippen LogP contribution in [0.1, 0.15) is 25.0 Å². The van der Waals surface area contributed by atoms with Gasteiger partial charge in [-0.3, -0.25) is 4.79 Å². The summed E-state index contributed by atoms with van der Waals surface area (Å²) in [4.78, 5) is 12.7. The van der Waals surface area contributed by atoms with Crippen molar-refractivity contribution in [3.8, 4) is 17.2 Å². The van der Waals surface area contributed by atoms with Gasteiger partial charge in [-0.1, -0.05) is 18.2 Å². The van der Waals surface area contributed by atoms with Gasteiger partial charge in [0.15, 0.2) is 11.5 Å². The molecule has 2 aromatic carbocycles. The number of ether oxygens (including phenoxy) is 3. The number of hydrogen-bond donors (Lipinski definition) is 1. The minimum Gasteiger partial charge on any atom is -0.497 e. The predicted octanol–water partition coefficient (Wildman–Crippen LogP) is 3.31. The van der Waals surface area contributed by atoms with Crippen molar-refractivity contribution in [1.82, 2.24) is 5.32 Å². The Kier molecular flexibility index (Phi) is 5.91. The minimum atomic E-state index is -0.650. The Morgan fingerprint density at radius 3 is 2.12 bits per heavy atom. The van der Waals surface area contributed by atoms with E-state index in [-0.39, 0.29) is 5.91 Å². The minimum absolute atomic E-state index is 0.0487. The topological polar surface area (TPSA) is 56.8 Å². The molecule has 0 saturated heterocycles. The highest BCUT2D eigenvalue weighted by Crippen LogP contribution is 2.28. The molecule has 0 saturated carbocycles. The van der Waals surface area contributed by atoms with E-state index in [0.29, 0.717) is 18.0 Å². The second-order valence-corrected chi connectivity index (χ2v) is 6.23. The summed E-state index contributed by atoms with van der Waals surface area (Å²) in [6, 6.07) is 13.1. The fraction of sp³-hybridized carbons (Fsp3) is 0.350. The summed E-state index contributed by atoms with van der Waals surface area (Å²) in [5.74, 6) is 2.03. The van der Waals surface area contributed by atoms with Crippen molar-refractivity contribution in [2.24, 2.45) is 0 Å². The Morgan fingerprint density at radius 2 is 1.56 bits per heavy atom.